The molecule has 1 aromatic rings. The summed E-state index contributed by atoms with van der Waals surface area (Å²) in [7, 11) is 1.32. The summed E-state index contributed by atoms with van der Waals surface area (Å²) in [4.78, 5) is 21.7. The standard InChI is InChI=1S/C7H8N2O4/c1-3-5(10)4(7(12)13)6(11)9(2)8-3/h10H,1-2H3,(H,12,13). The molecule has 1 heterocycles. The van der Waals surface area contributed by atoms with Gasteiger partial charge in [0.05, 0.1) is 0 Å². The van der Waals surface area contributed by atoms with Gasteiger partial charge in [0.1, 0.15) is 5.69 Å². The molecule has 0 bridgehead atoms. The number of carbonyl (C=O) groups is 1. The molecule has 0 fully saturated rings. The van der Waals surface area contributed by atoms with E-state index in [1.165, 1.54) is 14.0 Å². The number of hydrogen-bond acceptors (Lipinski definition) is 4. The zero-order valence-corrected chi connectivity index (χ0v) is 7.11. The van der Waals surface area contributed by atoms with Gasteiger partial charge in [0, 0.05) is 7.05 Å². The molecule has 0 aromatic carbocycles. The van der Waals surface area contributed by atoms with Crippen LogP contribution in [0.25, 0.3) is 0 Å². The van der Waals surface area contributed by atoms with Crippen LogP contribution in [0.3, 0.4) is 0 Å². The lowest BCUT2D eigenvalue weighted by Gasteiger charge is -2.03. The molecule has 1 aromatic heterocycles. The SMILES string of the molecule is Cc1nn(C)c(=O)c(C(=O)O)c1O. The minimum absolute atomic E-state index is 0.111. The topological polar surface area (TPSA) is 92.4 Å². The fourth-order valence-corrected chi connectivity index (χ4v) is 0.955. The third-order valence-corrected chi connectivity index (χ3v) is 1.60. The highest BCUT2D eigenvalue weighted by Gasteiger charge is 2.18. The smallest absolute Gasteiger partial charge is 0.345 e. The Morgan fingerprint density at radius 1 is 1.54 bits per heavy atom. The molecule has 0 aliphatic heterocycles. The van der Waals surface area contributed by atoms with Crippen LogP contribution in [-0.4, -0.2) is 26.0 Å². The maximum absolute atomic E-state index is 11.1. The van der Waals surface area contributed by atoms with Crippen LogP contribution in [0.5, 0.6) is 5.75 Å². The van der Waals surface area contributed by atoms with Crippen molar-refractivity contribution >= 4 is 5.97 Å². The van der Waals surface area contributed by atoms with Crippen molar-refractivity contribution in [1.29, 1.82) is 0 Å². The fourth-order valence-electron chi connectivity index (χ4n) is 0.955. The molecule has 1 rings (SSSR count). The van der Waals surface area contributed by atoms with Crippen molar-refractivity contribution in [2.24, 2.45) is 7.05 Å². The summed E-state index contributed by atoms with van der Waals surface area (Å²) in [5.41, 5.74) is -1.36. The van der Waals surface area contributed by atoms with E-state index in [-0.39, 0.29) is 5.69 Å². The lowest BCUT2D eigenvalue weighted by Crippen LogP contribution is -2.27. The van der Waals surface area contributed by atoms with E-state index in [2.05, 4.69) is 5.10 Å². The van der Waals surface area contributed by atoms with Crippen molar-refractivity contribution in [3.63, 3.8) is 0 Å². The second-order valence-electron chi connectivity index (χ2n) is 2.54. The fraction of sp³-hybridized carbons (Fsp3) is 0.286. The van der Waals surface area contributed by atoms with E-state index in [4.69, 9.17) is 5.11 Å². The second kappa shape index (κ2) is 2.89. The highest BCUT2D eigenvalue weighted by Crippen LogP contribution is 2.14. The highest BCUT2D eigenvalue weighted by molar-refractivity contribution is 5.90. The third-order valence-electron chi connectivity index (χ3n) is 1.60. The molecule has 0 radical (unpaired) electrons. The van der Waals surface area contributed by atoms with Crippen LogP contribution in [0.2, 0.25) is 0 Å². The van der Waals surface area contributed by atoms with E-state index >= 15 is 0 Å². The molecular formula is C7H8N2O4. The van der Waals surface area contributed by atoms with Gasteiger partial charge in [0.2, 0.25) is 0 Å². The van der Waals surface area contributed by atoms with Gasteiger partial charge in [-0.2, -0.15) is 5.10 Å². The van der Waals surface area contributed by atoms with Gasteiger partial charge in [-0.15, -0.1) is 0 Å². The van der Waals surface area contributed by atoms with Gasteiger partial charge in [-0.05, 0) is 6.92 Å². The minimum atomic E-state index is -1.45. The molecule has 0 aliphatic carbocycles. The second-order valence-corrected chi connectivity index (χ2v) is 2.54. The van der Waals surface area contributed by atoms with Crippen LogP contribution in [0.4, 0.5) is 0 Å². The third kappa shape index (κ3) is 1.37. The Labute approximate surface area is 73.1 Å². The van der Waals surface area contributed by atoms with Crippen molar-refractivity contribution < 1.29 is 15.0 Å². The normalized spacial score (nSPS) is 10.0. The average Bonchev–Trinajstić information content (AvgIpc) is 2.01. The van der Waals surface area contributed by atoms with Crippen molar-refractivity contribution in [3.8, 4) is 5.75 Å². The predicted octanol–water partition coefficient (Wildman–Crippen LogP) is -0.507. The van der Waals surface area contributed by atoms with E-state index < -0.39 is 22.8 Å². The quantitative estimate of drug-likeness (QED) is 0.613. The summed E-state index contributed by atoms with van der Waals surface area (Å²) in [6.45, 7) is 1.42. The number of nitrogens with zero attached hydrogens (tertiary/aromatic N) is 2. The molecule has 0 aliphatic rings. The van der Waals surface area contributed by atoms with E-state index in [0.29, 0.717) is 0 Å². The number of hydrogen-bond donors (Lipinski definition) is 2. The number of aromatic hydroxyl groups is 1. The van der Waals surface area contributed by atoms with Crippen LogP contribution in [0.15, 0.2) is 4.79 Å². The Hall–Kier alpha value is -1.85. The molecule has 13 heavy (non-hydrogen) atoms. The first kappa shape index (κ1) is 9.24. The molecule has 2 N–H and O–H groups in total. The summed E-state index contributed by atoms with van der Waals surface area (Å²) in [5.74, 6) is -2.03. The van der Waals surface area contributed by atoms with Gasteiger partial charge >= 0.3 is 5.97 Å². The first-order chi connectivity index (χ1) is 5.95. The molecule has 0 atom stereocenters. The van der Waals surface area contributed by atoms with E-state index in [1.807, 2.05) is 0 Å². The van der Waals surface area contributed by atoms with E-state index in [9.17, 15) is 14.7 Å². The van der Waals surface area contributed by atoms with Crippen LogP contribution in [0.1, 0.15) is 16.1 Å². The zero-order valence-electron chi connectivity index (χ0n) is 7.11. The number of carboxylic acids is 1. The largest absolute Gasteiger partial charge is 0.505 e. The van der Waals surface area contributed by atoms with Crippen molar-refractivity contribution in [2.45, 2.75) is 6.92 Å². The van der Waals surface area contributed by atoms with Crippen molar-refractivity contribution in [2.75, 3.05) is 0 Å². The highest BCUT2D eigenvalue weighted by atomic mass is 16.4. The van der Waals surface area contributed by atoms with Gasteiger partial charge in [0.15, 0.2) is 11.3 Å². The molecule has 0 amide bonds. The van der Waals surface area contributed by atoms with Gasteiger partial charge in [0.25, 0.3) is 5.56 Å². The monoisotopic (exact) mass is 184 g/mol. The minimum Gasteiger partial charge on any atom is -0.505 e. The molecule has 70 valence electrons. The summed E-state index contributed by atoms with van der Waals surface area (Å²) in [6.07, 6.45) is 0. The molecule has 6 heteroatoms. The summed E-state index contributed by atoms with van der Waals surface area (Å²) < 4.78 is 0.874. The van der Waals surface area contributed by atoms with Gasteiger partial charge in [-0.3, -0.25) is 4.79 Å². The van der Waals surface area contributed by atoms with Crippen LogP contribution in [-0.2, 0) is 7.05 Å². The van der Waals surface area contributed by atoms with Gasteiger partial charge in [-0.25, -0.2) is 9.48 Å². The first-order valence-electron chi connectivity index (χ1n) is 3.45. The predicted molar refractivity (Wildman–Crippen MR) is 42.8 cm³/mol. The maximum atomic E-state index is 11.1. The van der Waals surface area contributed by atoms with Crippen LogP contribution in [0, 0.1) is 6.92 Å². The van der Waals surface area contributed by atoms with Crippen LogP contribution < -0.4 is 5.56 Å². The molecule has 0 saturated heterocycles. The number of aromatic nitrogens is 2. The lowest BCUT2D eigenvalue weighted by molar-refractivity contribution is 0.0690. The Kier molecular flexibility index (Phi) is 2.05. The summed E-state index contributed by atoms with van der Waals surface area (Å²) >= 11 is 0. The zero-order chi connectivity index (χ0) is 10.2. The molecular weight excluding hydrogens is 176 g/mol. The average molecular weight is 184 g/mol. The Morgan fingerprint density at radius 2 is 2.08 bits per heavy atom. The molecule has 6 nitrogen and oxygen atoms in total. The molecule has 0 saturated carbocycles. The molecule has 0 spiro atoms. The lowest BCUT2D eigenvalue weighted by atomic mass is 10.2. The Morgan fingerprint density at radius 3 is 2.54 bits per heavy atom. The summed E-state index contributed by atoms with van der Waals surface area (Å²) in [6, 6.07) is 0. The number of carboxylic acid groups (broad SMARTS) is 1. The van der Waals surface area contributed by atoms with Crippen molar-refractivity contribution in [3.05, 3.63) is 21.6 Å². The number of aromatic carboxylic acids is 1. The van der Waals surface area contributed by atoms with E-state index in [1.54, 1.807) is 0 Å². The van der Waals surface area contributed by atoms with Gasteiger partial charge in [-0.1, -0.05) is 0 Å². The summed E-state index contributed by atoms with van der Waals surface area (Å²) in [5, 5.41) is 21.4. The van der Waals surface area contributed by atoms with Gasteiger partial charge < -0.3 is 10.2 Å². The van der Waals surface area contributed by atoms with Crippen molar-refractivity contribution in [1.82, 2.24) is 9.78 Å². The first-order valence-corrected chi connectivity index (χ1v) is 3.45. The number of aryl methyl sites for hydroxylation is 2. The Bertz CT molecular complexity index is 421. The Balaban J connectivity index is 3.66. The number of rotatable bonds is 1. The molecule has 0 unspecified atom stereocenters. The van der Waals surface area contributed by atoms with E-state index in [0.717, 1.165) is 4.68 Å². The maximum Gasteiger partial charge on any atom is 0.345 e. The van der Waals surface area contributed by atoms with Crippen LogP contribution >= 0.6 is 0 Å².